The van der Waals surface area contributed by atoms with Crippen molar-refractivity contribution in [3.05, 3.63) is 50.6 Å². The lowest BCUT2D eigenvalue weighted by atomic mass is 10.1. The van der Waals surface area contributed by atoms with Gasteiger partial charge in [-0.25, -0.2) is 0 Å². The molecule has 0 aliphatic carbocycles. The zero-order valence-corrected chi connectivity index (χ0v) is 13.9. The van der Waals surface area contributed by atoms with Gasteiger partial charge in [-0.15, -0.1) is 22.7 Å². The van der Waals surface area contributed by atoms with Gasteiger partial charge in [0.1, 0.15) is 5.75 Å². The molecule has 0 bridgehead atoms. The van der Waals surface area contributed by atoms with E-state index in [4.69, 9.17) is 4.74 Å². The van der Waals surface area contributed by atoms with Crippen molar-refractivity contribution < 1.29 is 9.53 Å². The molecular weight excluding hydrogens is 356 g/mol. The second kappa shape index (κ2) is 5.68. The Labute approximate surface area is 133 Å². The molecule has 3 rings (SSSR count). The lowest BCUT2D eigenvalue weighted by Crippen LogP contribution is -2.03. The molecule has 2 aromatic heterocycles. The summed E-state index contributed by atoms with van der Waals surface area (Å²) in [6.45, 7) is 0. The number of fused-ring (bicyclic) bond motifs is 1. The van der Waals surface area contributed by atoms with Gasteiger partial charge in [0.2, 0.25) is 0 Å². The predicted molar refractivity (Wildman–Crippen MR) is 88.4 cm³/mol. The summed E-state index contributed by atoms with van der Waals surface area (Å²) in [5, 5.41) is 2.05. The Kier molecular flexibility index (Phi) is 3.92. The van der Waals surface area contributed by atoms with Crippen molar-refractivity contribution in [1.82, 2.24) is 0 Å². The summed E-state index contributed by atoms with van der Waals surface area (Å²) >= 11 is 6.66. The lowest BCUT2D eigenvalue weighted by molar-refractivity contribution is 0.0996. The van der Waals surface area contributed by atoms with Crippen molar-refractivity contribution in [2.45, 2.75) is 6.42 Å². The Morgan fingerprint density at radius 3 is 2.85 bits per heavy atom. The highest BCUT2D eigenvalue weighted by Gasteiger charge is 2.14. The van der Waals surface area contributed by atoms with Crippen LogP contribution in [0, 0.1) is 0 Å². The minimum Gasteiger partial charge on any atom is -0.496 e. The van der Waals surface area contributed by atoms with Crippen molar-refractivity contribution >= 4 is 53.8 Å². The van der Waals surface area contributed by atoms with E-state index in [0.29, 0.717) is 6.42 Å². The Balaban J connectivity index is 1.88. The van der Waals surface area contributed by atoms with Crippen LogP contribution in [0.2, 0.25) is 0 Å². The van der Waals surface area contributed by atoms with Crippen molar-refractivity contribution in [1.29, 1.82) is 0 Å². The molecule has 0 N–H and O–H groups in total. The van der Waals surface area contributed by atoms with Gasteiger partial charge in [0.15, 0.2) is 5.78 Å². The average molecular weight is 367 g/mol. The first-order valence-electron chi connectivity index (χ1n) is 6.00. The molecule has 0 atom stereocenters. The highest BCUT2D eigenvalue weighted by atomic mass is 79.9. The van der Waals surface area contributed by atoms with E-state index in [0.717, 1.165) is 20.7 Å². The topological polar surface area (TPSA) is 26.3 Å². The number of hydrogen-bond acceptors (Lipinski definition) is 4. The largest absolute Gasteiger partial charge is 0.496 e. The summed E-state index contributed by atoms with van der Waals surface area (Å²) in [5.41, 5.74) is 0.906. The van der Waals surface area contributed by atoms with E-state index in [-0.39, 0.29) is 5.78 Å². The minimum absolute atomic E-state index is 0.134. The van der Waals surface area contributed by atoms with Gasteiger partial charge in [-0.2, -0.15) is 0 Å². The molecule has 102 valence electrons. The monoisotopic (exact) mass is 366 g/mol. The van der Waals surface area contributed by atoms with Crippen LogP contribution in [-0.2, 0) is 6.42 Å². The molecule has 0 aliphatic heterocycles. The van der Waals surface area contributed by atoms with Gasteiger partial charge in [-0.3, -0.25) is 4.79 Å². The van der Waals surface area contributed by atoms with Crippen molar-refractivity contribution in [3.8, 4) is 5.75 Å². The number of thiophene rings is 2. The number of carbonyl (C=O) groups excluding carboxylic acids is 1. The van der Waals surface area contributed by atoms with Gasteiger partial charge in [0.25, 0.3) is 0 Å². The molecule has 0 saturated carbocycles. The number of hydrogen-bond donors (Lipinski definition) is 0. The molecule has 3 aromatic rings. The highest BCUT2D eigenvalue weighted by molar-refractivity contribution is 9.10. The molecule has 5 heteroatoms. The zero-order valence-electron chi connectivity index (χ0n) is 10.7. The van der Waals surface area contributed by atoms with Gasteiger partial charge < -0.3 is 4.74 Å². The van der Waals surface area contributed by atoms with Crippen molar-refractivity contribution in [2.75, 3.05) is 7.11 Å². The number of benzene rings is 1. The molecule has 2 heterocycles. The molecular formula is C15H11BrO2S2. The first-order valence-corrected chi connectivity index (χ1v) is 8.49. The van der Waals surface area contributed by atoms with Crippen LogP contribution in [0.5, 0.6) is 5.75 Å². The first-order chi connectivity index (χ1) is 9.67. The predicted octanol–water partition coefficient (Wildman–Crippen LogP) is 5.16. The standard InChI is InChI=1S/C15H11BrO2S2/c1-18-12-3-2-10(16)6-9(12)7-11(17)14-8-15-13(20-14)4-5-19-15/h2-6,8H,7H2,1H3. The molecule has 2 nitrogen and oxygen atoms in total. The number of methoxy groups -OCH3 is 1. The molecule has 20 heavy (non-hydrogen) atoms. The third kappa shape index (κ3) is 2.66. The number of ether oxygens (including phenoxy) is 1. The van der Waals surface area contributed by atoms with Crippen LogP contribution < -0.4 is 4.74 Å². The minimum atomic E-state index is 0.134. The third-order valence-electron chi connectivity index (χ3n) is 3.01. The summed E-state index contributed by atoms with van der Waals surface area (Å²) in [6.07, 6.45) is 0.358. The average Bonchev–Trinajstić information content (AvgIpc) is 2.99. The van der Waals surface area contributed by atoms with E-state index in [2.05, 4.69) is 22.0 Å². The lowest BCUT2D eigenvalue weighted by Gasteiger charge is -2.07. The summed E-state index contributed by atoms with van der Waals surface area (Å²) in [6, 6.07) is 9.76. The maximum atomic E-state index is 12.4. The number of Topliss-reactive ketones (excluding diaryl/α,β-unsaturated/α-hetero) is 1. The van der Waals surface area contributed by atoms with Gasteiger partial charge in [0.05, 0.1) is 12.0 Å². The number of carbonyl (C=O) groups is 1. The van der Waals surface area contributed by atoms with E-state index in [1.807, 2.05) is 29.6 Å². The van der Waals surface area contributed by atoms with E-state index >= 15 is 0 Å². The fourth-order valence-corrected chi connectivity index (χ4v) is 4.50. The number of ketones is 1. The Morgan fingerprint density at radius 2 is 2.10 bits per heavy atom. The molecule has 0 aliphatic rings. The molecule has 0 saturated heterocycles. The van der Waals surface area contributed by atoms with Crippen LogP contribution in [0.25, 0.3) is 9.40 Å². The van der Waals surface area contributed by atoms with Crippen LogP contribution in [-0.4, -0.2) is 12.9 Å². The molecule has 0 unspecified atom stereocenters. The fraction of sp³-hybridized carbons (Fsp3) is 0.133. The summed E-state index contributed by atoms with van der Waals surface area (Å²) < 4.78 is 8.63. The first kappa shape index (κ1) is 13.8. The normalized spacial score (nSPS) is 10.9. The molecule has 0 amide bonds. The van der Waals surface area contributed by atoms with Crippen LogP contribution in [0.1, 0.15) is 15.2 Å². The second-order valence-corrected chi connectivity index (χ2v) is 7.26. The van der Waals surface area contributed by atoms with E-state index in [1.54, 1.807) is 29.8 Å². The smallest absolute Gasteiger partial charge is 0.177 e. The van der Waals surface area contributed by atoms with Gasteiger partial charge >= 0.3 is 0 Å². The van der Waals surface area contributed by atoms with Gasteiger partial charge in [0, 0.05) is 25.9 Å². The summed E-state index contributed by atoms with van der Waals surface area (Å²) in [4.78, 5) is 13.2. The molecule has 1 aromatic carbocycles. The van der Waals surface area contributed by atoms with E-state index in [9.17, 15) is 4.79 Å². The summed E-state index contributed by atoms with van der Waals surface area (Å²) in [5.74, 6) is 0.884. The van der Waals surface area contributed by atoms with Crippen molar-refractivity contribution in [2.24, 2.45) is 0 Å². The van der Waals surface area contributed by atoms with Crippen LogP contribution >= 0.6 is 38.6 Å². The number of halogens is 1. The number of rotatable bonds is 4. The molecule has 0 spiro atoms. The van der Waals surface area contributed by atoms with E-state index in [1.165, 1.54) is 9.40 Å². The van der Waals surface area contributed by atoms with Crippen LogP contribution in [0.15, 0.2) is 40.2 Å². The maximum absolute atomic E-state index is 12.4. The Morgan fingerprint density at radius 1 is 1.25 bits per heavy atom. The zero-order chi connectivity index (χ0) is 14.1. The maximum Gasteiger partial charge on any atom is 0.177 e. The summed E-state index contributed by atoms with van der Waals surface area (Å²) in [7, 11) is 1.62. The SMILES string of the molecule is COc1ccc(Br)cc1CC(=O)c1cc2sccc2s1. The molecule has 0 radical (unpaired) electrons. The highest BCUT2D eigenvalue weighted by Crippen LogP contribution is 2.31. The van der Waals surface area contributed by atoms with Crippen LogP contribution in [0.3, 0.4) is 0 Å². The third-order valence-corrected chi connectivity index (χ3v) is 5.64. The quantitative estimate of drug-likeness (QED) is 0.596. The van der Waals surface area contributed by atoms with Gasteiger partial charge in [-0.1, -0.05) is 15.9 Å². The van der Waals surface area contributed by atoms with Gasteiger partial charge in [-0.05, 0) is 35.7 Å². The Hall–Kier alpha value is -1.17. The van der Waals surface area contributed by atoms with Crippen LogP contribution in [0.4, 0.5) is 0 Å². The van der Waals surface area contributed by atoms with E-state index < -0.39 is 0 Å². The Bertz CT molecular complexity index is 745. The fourth-order valence-electron chi connectivity index (χ4n) is 2.05. The van der Waals surface area contributed by atoms with Crippen molar-refractivity contribution in [3.63, 3.8) is 0 Å². The molecule has 0 fully saturated rings. The second-order valence-electron chi connectivity index (χ2n) is 4.32.